The lowest BCUT2D eigenvalue weighted by Crippen LogP contribution is -2.39. The van der Waals surface area contributed by atoms with Crippen LogP contribution in [0.15, 0.2) is 4.99 Å². The van der Waals surface area contributed by atoms with Crippen molar-refractivity contribution in [2.45, 2.75) is 53.4 Å². The molecule has 0 aliphatic rings. The Morgan fingerprint density at radius 3 is 2.19 bits per heavy atom. The number of rotatable bonds is 10. The van der Waals surface area contributed by atoms with Crippen molar-refractivity contribution in [3.8, 4) is 0 Å². The van der Waals surface area contributed by atoms with Crippen LogP contribution in [0.1, 0.15) is 53.4 Å². The molecule has 0 aliphatic carbocycles. The topological polar surface area (TPSA) is 65.5 Å². The fourth-order valence-corrected chi connectivity index (χ4v) is 1.76. The summed E-state index contributed by atoms with van der Waals surface area (Å²) in [5.74, 6) is 1.54. The second-order valence-corrected chi connectivity index (χ2v) is 4.93. The Labute approximate surface area is 147 Å². The molecule has 126 valence electrons. The van der Waals surface area contributed by atoms with E-state index in [1.54, 1.807) is 0 Å². The maximum atomic E-state index is 11.5. The van der Waals surface area contributed by atoms with Crippen LogP contribution in [-0.2, 0) is 4.79 Å². The maximum Gasteiger partial charge on any atom is 0.221 e. The molecule has 0 aromatic heterocycles. The molecule has 6 heteroatoms. The second-order valence-electron chi connectivity index (χ2n) is 4.93. The molecule has 21 heavy (non-hydrogen) atoms. The molecule has 3 N–H and O–H groups in total. The highest BCUT2D eigenvalue weighted by molar-refractivity contribution is 14.0. The molecule has 0 aliphatic heterocycles. The number of guanidine groups is 1. The lowest BCUT2D eigenvalue weighted by Gasteiger charge is -2.13. The predicted octanol–water partition coefficient (Wildman–Crippen LogP) is 2.51. The van der Waals surface area contributed by atoms with Crippen LogP contribution in [0.25, 0.3) is 0 Å². The second kappa shape index (κ2) is 15.9. The molecule has 0 atom stereocenters. The molecule has 0 rings (SSSR count). The van der Waals surface area contributed by atoms with E-state index in [4.69, 9.17) is 0 Å². The van der Waals surface area contributed by atoms with Gasteiger partial charge in [0.05, 0.1) is 0 Å². The van der Waals surface area contributed by atoms with Gasteiger partial charge in [-0.3, -0.25) is 9.79 Å². The summed E-state index contributed by atoms with van der Waals surface area (Å²) in [5.41, 5.74) is 0. The smallest absolute Gasteiger partial charge is 0.221 e. The normalized spacial score (nSPS) is 11.0. The van der Waals surface area contributed by atoms with Gasteiger partial charge in [-0.15, -0.1) is 24.0 Å². The standard InChI is InChI=1S/C15H32N4O.HI/c1-5-10-17-14(20)9-11-18-15(16-8-4)19-12-13(6-2)7-3;/h13H,5-12H2,1-4H3,(H,17,20)(H2,16,18,19);1H. The molecule has 5 nitrogen and oxygen atoms in total. The van der Waals surface area contributed by atoms with Gasteiger partial charge in [-0.1, -0.05) is 33.6 Å². The first-order valence-corrected chi connectivity index (χ1v) is 7.96. The van der Waals surface area contributed by atoms with Crippen molar-refractivity contribution < 1.29 is 4.79 Å². The Morgan fingerprint density at radius 1 is 1.00 bits per heavy atom. The summed E-state index contributed by atoms with van der Waals surface area (Å²) in [4.78, 5) is 16.1. The van der Waals surface area contributed by atoms with Crippen molar-refractivity contribution in [1.29, 1.82) is 0 Å². The van der Waals surface area contributed by atoms with Gasteiger partial charge in [0.15, 0.2) is 5.96 Å². The van der Waals surface area contributed by atoms with Gasteiger partial charge < -0.3 is 16.0 Å². The van der Waals surface area contributed by atoms with Crippen LogP contribution in [0.2, 0.25) is 0 Å². The Hall–Kier alpha value is -0.530. The van der Waals surface area contributed by atoms with Gasteiger partial charge in [-0.25, -0.2) is 0 Å². The summed E-state index contributed by atoms with van der Waals surface area (Å²) in [6, 6.07) is 0. The first-order valence-electron chi connectivity index (χ1n) is 7.96. The lowest BCUT2D eigenvalue weighted by atomic mass is 10.0. The van der Waals surface area contributed by atoms with Crippen LogP contribution < -0.4 is 16.0 Å². The fraction of sp³-hybridized carbons (Fsp3) is 0.867. The van der Waals surface area contributed by atoms with Crippen LogP contribution in [0.4, 0.5) is 0 Å². The van der Waals surface area contributed by atoms with E-state index < -0.39 is 0 Å². The Bertz CT molecular complexity index is 281. The quantitative estimate of drug-likeness (QED) is 0.294. The van der Waals surface area contributed by atoms with Gasteiger partial charge in [0.2, 0.25) is 5.91 Å². The zero-order valence-electron chi connectivity index (χ0n) is 14.0. The molecule has 0 aromatic rings. The van der Waals surface area contributed by atoms with E-state index in [1.165, 1.54) is 0 Å². The van der Waals surface area contributed by atoms with E-state index in [0.717, 1.165) is 44.9 Å². The van der Waals surface area contributed by atoms with Crippen molar-refractivity contribution >= 4 is 35.8 Å². The number of nitrogens with zero attached hydrogens (tertiary/aromatic N) is 1. The van der Waals surface area contributed by atoms with Crippen molar-refractivity contribution in [3.63, 3.8) is 0 Å². The molecule has 0 saturated heterocycles. The van der Waals surface area contributed by atoms with Gasteiger partial charge in [-0.2, -0.15) is 0 Å². The summed E-state index contributed by atoms with van der Waals surface area (Å²) in [6.45, 7) is 11.5. The molecule has 0 spiro atoms. The highest BCUT2D eigenvalue weighted by Gasteiger charge is 2.04. The first-order chi connectivity index (χ1) is 9.67. The minimum Gasteiger partial charge on any atom is -0.357 e. The number of hydrogen-bond donors (Lipinski definition) is 3. The third kappa shape index (κ3) is 12.9. The van der Waals surface area contributed by atoms with Gasteiger partial charge in [0, 0.05) is 32.6 Å². The molecular formula is C15H33IN4O. The zero-order valence-corrected chi connectivity index (χ0v) is 16.3. The summed E-state index contributed by atoms with van der Waals surface area (Å²) < 4.78 is 0. The van der Waals surface area contributed by atoms with E-state index in [9.17, 15) is 4.79 Å². The van der Waals surface area contributed by atoms with E-state index in [1.807, 2.05) is 13.8 Å². The maximum absolute atomic E-state index is 11.5. The number of halogens is 1. The van der Waals surface area contributed by atoms with Crippen molar-refractivity contribution in [1.82, 2.24) is 16.0 Å². The Kier molecular flexibility index (Phi) is 17.2. The van der Waals surface area contributed by atoms with Crippen LogP contribution >= 0.6 is 24.0 Å². The van der Waals surface area contributed by atoms with Gasteiger partial charge >= 0.3 is 0 Å². The molecule has 0 radical (unpaired) electrons. The number of carbonyl (C=O) groups excluding carboxylic acids is 1. The largest absolute Gasteiger partial charge is 0.357 e. The van der Waals surface area contributed by atoms with E-state index in [-0.39, 0.29) is 29.9 Å². The minimum atomic E-state index is 0. The molecule has 1 amide bonds. The van der Waals surface area contributed by atoms with E-state index in [0.29, 0.717) is 18.9 Å². The third-order valence-corrected chi connectivity index (χ3v) is 3.22. The van der Waals surface area contributed by atoms with Crippen LogP contribution in [0, 0.1) is 5.92 Å². The van der Waals surface area contributed by atoms with Crippen LogP contribution in [-0.4, -0.2) is 38.0 Å². The predicted molar refractivity (Wildman–Crippen MR) is 101 cm³/mol. The van der Waals surface area contributed by atoms with Gasteiger partial charge in [0.25, 0.3) is 0 Å². The van der Waals surface area contributed by atoms with Crippen LogP contribution in [0.5, 0.6) is 0 Å². The van der Waals surface area contributed by atoms with Crippen molar-refractivity contribution in [2.24, 2.45) is 10.9 Å². The minimum absolute atomic E-state index is 0. The molecule has 0 aromatic carbocycles. The summed E-state index contributed by atoms with van der Waals surface area (Å²) >= 11 is 0. The number of nitrogens with one attached hydrogen (secondary N) is 3. The number of carbonyl (C=O) groups is 1. The average Bonchev–Trinajstić information content (AvgIpc) is 2.46. The molecule has 0 heterocycles. The van der Waals surface area contributed by atoms with Crippen molar-refractivity contribution in [2.75, 3.05) is 26.2 Å². The molecule has 0 saturated carbocycles. The number of hydrogen-bond acceptors (Lipinski definition) is 2. The summed E-state index contributed by atoms with van der Waals surface area (Å²) in [5, 5.41) is 9.29. The lowest BCUT2D eigenvalue weighted by molar-refractivity contribution is -0.120. The summed E-state index contributed by atoms with van der Waals surface area (Å²) in [7, 11) is 0. The van der Waals surface area contributed by atoms with Gasteiger partial charge in [-0.05, 0) is 19.3 Å². The number of amides is 1. The van der Waals surface area contributed by atoms with Gasteiger partial charge in [0.1, 0.15) is 0 Å². The zero-order chi connectivity index (χ0) is 15.2. The molecule has 0 fully saturated rings. The Balaban J connectivity index is 0. The molecule has 0 unspecified atom stereocenters. The third-order valence-electron chi connectivity index (χ3n) is 3.22. The SMILES string of the molecule is CCCNC(=O)CCNC(=NCC(CC)CC)NCC.I. The highest BCUT2D eigenvalue weighted by Crippen LogP contribution is 2.06. The Morgan fingerprint density at radius 2 is 1.67 bits per heavy atom. The molecular weight excluding hydrogens is 379 g/mol. The monoisotopic (exact) mass is 412 g/mol. The highest BCUT2D eigenvalue weighted by atomic mass is 127. The number of aliphatic imine (C=N–C) groups is 1. The fourth-order valence-electron chi connectivity index (χ4n) is 1.76. The van der Waals surface area contributed by atoms with E-state index >= 15 is 0 Å². The van der Waals surface area contributed by atoms with Crippen LogP contribution in [0.3, 0.4) is 0 Å². The van der Waals surface area contributed by atoms with Crippen molar-refractivity contribution in [3.05, 3.63) is 0 Å². The first kappa shape index (κ1) is 22.7. The average molecular weight is 412 g/mol. The summed E-state index contributed by atoms with van der Waals surface area (Å²) in [6.07, 6.45) is 3.76. The van der Waals surface area contributed by atoms with E-state index in [2.05, 4.69) is 34.8 Å². The molecule has 0 bridgehead atoms.